The van der Waals surface area contributed by atoms with E-state index < -0.39 is 17.2 Å². The van der Waals surface area contributed by atoms with Crippen molar-refractivity contribution in [1.29, 1.82) is 0 Å². The Balaban J connectivity index is 0. The van der Waals surface area contributed by atoms with Crippen molar-refractivity contribution in [1.82, 2.24) is 0 Å². The molecule has 0 aromatic carbocycles. The maximum Gasteiger partial charge on any atom is 0.481 e. The van der Waals surface area contributed by atoms with Gasteiger partial charge in [-0.25, -0.2) is 0 Å². The summed E-state index contributed by atoms with van der Waals surface area (Å²) in [5.41, 5.74) is -1.99. The molecule has 0 saturated carbocycles. The minimum Gasteiger partial charge on any atom is -0.354 e. The molecule has 0 bridgehead atoms. The van der Waals surface area contributed by atoms with E-state index in [1.165, 1.54) is 0 Å². The van der Waals surface area contributed by atoms with Gasteiger partial charge in [-0.2, -0.15) is 0 Å². The Morgan fingerprint density at radius 1 is 0.478 bits per heavy atom. The molecule has 0 heterocycles. The number of nitrogens with zero attached hydrogens (tertiary/aromatic N) is 5. The standard InChI is InChI=1S/C6H12N2O4.C2H3N3O6/c1-5(2,11-7-9)6(3,4)12-8-10;1-2(9-3-6,10-4-7)11-5-8/h1-4H3;1H3. The Morgan fingerprint density at radius 3 is 0.870 bits per heavy atom. The van der Waals surface area contributed by atoms with Gasteiger partial charge in [0.1, 0.15) is 0 Å². The first kappa shape index (κ1) is 22.3. The SMILES string of the molecule is CC(C)(ON=O)C(C)(C)ON=O.CC(ON=O)(ON=O)ON=O. The summed E-state index contributed by atoms with van der Waals surface area (Å²) < 4.78 is 0. The van der Waals surface area contributed by atoms with Crippen LogP contribution >= 0.6 is 0 Å². The summed E-state index contributed by atoms with van der Waals surface area (Å²) >= 11 is 0. The van der Waals surface area contributed by atoms with Crippen LogP contribution in [-0.4, -0.2) is 17.2 Å². The van der Waals surface area contributed by atoms with Crippen molar-refractivity contribution in [3.8, 4) is 0 Å². The third kappa shape index (κ3) is 8.12. The molecular formula is C8H15N5O10. The van der Waals surface area contributed by atoms with Crippen LogP contribution in [0.2, 0.25) is 0 Å². The molecule has 0 saturated heterocycles. The fourth-order valence-electron chi connectivity index (χ4n) is 0.659. The highest BCUT2D eigenvalue weighted by atomic mass is 17.0. The third-order valence-corrected chi connectivity index (χ3v) is 2.59. The van der Waals surface area contributed by atoms with Gasteiger partial charge in [0.15, 0.2) is 37.9 Å². The molecular weight excluding hydrogens is 326 g/mol. The summed E-state index contributed by atoms with van der Waals surface area (Å²) in [6, 6.07) is 0. The molecule has 23 heavy (non-hydrogen) atoms. The van der Waals surface area contributed by atoms with E-state index in [4.69, 9.17) is 0 Å². The molecule has 15 nitrogen and oxygen atoms in total. The number of hydrogen-bond acceptors (Lipinski definition) is 15. The van der Waals surface area contributed by atoms with Gasteiger partial charge >= 0.3 is 5.97 Å². The van der Waals surface area contributed by atoms with Crippen LogP contribution in [-0.2, 0) is 24.2 Å². The summed E-state index contributed by atoms with van der Waals surface area (Å²) in [5, 5.41) is 10.1. The van der Waals surface area contributed by atoms with Crippen molar-refractivity contribution >= 4 is 0 Å². The summed E-state index contributed by atoms with van der Waals surface area (Å²) in [6.45, 7) is 7.18. The summed E-state index contributed by atoms with van der Waals surface area (Å²) in [4.78, 5) is 68.2. The molecule has 0 atom stereocenters. The van der Waals surface area contributed by atoms with E-state index in [2.05, 4.69) is 34.9 Å². The molecule has 0 aromatic rings. The second-order valence-electron chi connectivity index (χ2n) is 4.71. The molecule has 0 amide bonds. The largest absolute Gasteiger partial charge is 0.481 e. The molecule has 0 fully saturated rings. The van der Waals surface area contributed by atoms with E-state index in [1.54, 1.807) is 27.7 Å². The maximum atomic E-state index is 9.83. The van der Waals surface area contributed by atoms with Crippen LogP contribution in [0.25, 0.3) is 0 Å². The van der Waals surface area contributed by atoms with Gasteiger partial charge in [-0.1, -0.05) is 0 Å². The van der Waals surface area contributed by atoms with Gasteiger partial charge in [-0.3, -0.25) is 14.5 Å². The van der Waals surface area contributed by atoms with Gasteiger partial charge in [0.25, 0.3) is 0 Å². The van der Waals surface area contributed by atoms with Gasteiger partial charge in [-0.15, -0.1) is 24.5 Å². The lowest BCUT2D eigenvalue weighted by Gasteiger charge is -2.33. The molecule has 0 unspecified atom stereocenters. The van der Waals surface area contributed by atoms with Crippen molar-refractivity contribution in [2.24, 2.45) is 26.7 Å². The zero-order valence-corrected chi connectivity index (χ0v) is 12.8. The van der Waals surface area contributed by atoms with Crippen LogP contribution in [0.15, 0.2) is 26.7 Å². The summed E-state index contributed by atoms with van der Waals surface area (Å²) in [5.74, 6) is -2.29. The van der Waals surface area contributed by atoms with E-state index in [0.29, 0.717) is 0 Å². The molecule has 0 aliphatic carbocycles. The van der Waals surface area contributed by atoms with Crippen LogP contribution in [0, 0.1) is 24.5 Å². The first-order valence-corrected chi connectivity index (χ1v) is 5.60. The average molecular weight is 341 g/mol. The zero-order valence-electron chi connectivity index (χ0n) is 12.8. The Kier molecular flexibility index (Phi) is 9.54. The Hall–Kier alpha value is -3.00. The number of rotatable bonds is 11. The van der Waals surface area contributed by atoms with E-state index in [0.717, 1.165) is 6.92 Å². The van der Waals surface area contributed by atoms with Crippen LogP contribution in [0.4, 0.5) is 0 Å². The lowest BCUT2D eigenvalue weighted by Crippen LogP contribution is -2.47. The van der Waals surface area contributed by atoms with Crippen LogP contribution in [0.5, 0.6) is 0 Å². The molecule has 132 valence electrons. The fourth-order valence-corrected chi connectivity index (χ4v) is 0.659. The predicted octanol–water partition coefficient (Wildman–Crippen LogP) is 2.69. The van der Waals surface area contributed by atoms with Crippen molar-refractivity contribution in [2.45, 2.75) is 51.8 Å². The molecule has 0 aliphatic heterocycles. The number of hydrogen-bond donors (Lipinski definition) is 0. The first-order chi connectivity index (χ1) is 10.6. The minimum absolute atomic E-state index is 0.900. The highest BCUT2D eigenvalue weighted by Crippen LogP contribution is 2.29. The topological polar surface area (TPSA) is 193 Å². The molecule has 0 spiro atoms. The van der Waals surface area contributed by atoms with Crippen LogP contribution in [0.1, 0.15) is 34.6 Å². The van der Waals surface area contributed by atoms with Gasteiger partial charge in [0, 0.05) is 0 Å². The van der Waals surface area contributed by atoms with Gasteiger partial charge in [0.2, 0.25) is 0 Å². The molecule has 0 aliphatic rings. The minimum atomic E-state index is -2.29. The summed E-state index contributed by atoms with van der Waals surface area (Å²) in [6.07, 6.45) is 0. The normalized spacial score (nSPS) is 10.8. The Labute approximate surface area is 128 Å². The monoisotopic (exact) mass is 341 g/mol. The van der Waals surface area contributed by atoms with Crippen molar-refractivity contribution in [2.75, 3.05) is 0 Å². The Bertz CT molecular complexity index is 368. The Morgan fingerprint density at radius 2 is 0.696 bits per heavy atom. The molecule has 0 N–H and O–H groups in total. The zero-order chi connectivity index (χ0) is 18.6. The average Bonchev–Trinajstić information content (AvgIpc) is 2.39. The second kappa shape index (κ2) is 9.85. The molecule has 0 rings (SSSR count). The predicted molar refractivity (Wildman–Crippen MR) is 71.0 cm³/mol. The molecule has 0 radical (unpaired) electrons. The van der Waals surface area contributed by atoms with Gasteiger partial charge in [-0.05, 0) is 27.7 Å². The lowest BCUT2D eigenvalue weighted by atomic mass is 9.90. The smallest absolute Gasteiger partial charge is 0.354 e. The quantitative estimate of drug-likeness (QED) is 0.306. The fraction of sp³-hybridized carbons (Fsp3) is 1.00. The van der Waals surface area contributed by atoms with Crippen LogP contribution < -0.4 is 0 Å². The van der Waals surface area contributed by atoms with Crippen LogP contribution in [0.3, 0.4) is 0 Å². The molecule has 15 heteroatoms. The molecule has 0 aromatic heterocycles. The lowest BCUT2D eigenvalue weighted by molar-refractivity contribution is -0.375. The van der Waals surface area contributed by atoms with Crippen molar-refractivity contribution < 1.29 is 24.2 Å². The second-order valence-corrected chi connectivity index (χ2v) is 4.71. The van der Waals surface area contributed by atoms with Gasteiger partial charge in [0.05, 0.1) is 6.92 Å². The van der Waals surface area contributed by atoms with E-state index in [-0.39, 0.29) is 0 Å². The first-order valence-electron chi connectivity index (χ1n) is 5.60. The highest BCUT2D eigenvalue weighted by Gasteiger charge is 2.43. The van der Waals surface area contributed by atoms with Crippen molar-refractivity contribution in [3.63, 3.8) is 0 Å². The van der Waals surface area contributed by atoms with E-state index >= 15 is 0 Å². The van der Waals surface area contributed by atoms with Gasteiger partial charge < -0.3 is 9.68 Å². The van der Waals surface area contributed by atoms with Crippen molar-refractivity contribution in [3.05, 3.63) is 24.5 Å². The van der Waals surface area contributed by atoms with E-state index in [1.807, 2.05) is 16.0 Å². The summed E-state index contributed by atoms with van der Waals surface area (Å²) in [7, 11) is 0. The van der Waals surface area contributed by atoms with E-state index in [9.17, 15) is 24.5 Å². The third-order valence-electron chi connectivity index (χ3n) is 2.59. The highest BCUT2D eigenvalue weighted by molar-refractivity contribution is 4.88. The maximum absolute atomic E-state index is 9.83.